The number of benzene rings is 2. The number of carbonyl (C=O) groups excluding carboxylic acids is 1. The van der Waals surface area contributed by atoms with Crippen molar-refractivity contribution in [2.45, 2.75) is 37.9 Å². The zero-order valence-electron chi connectivity index (χ0n) is 15.5. The van der Waals surface area contributed by atoms with Gasteiger partial charge in [-0.25, -0.2) is 0 Å². The Hall–Kier alpha value is -2.63. The number of H-pyrrole nitrogens is 1. The third-order valence-corrected chi connectivity index (χ3v) is 5.47. The molecule has 2 atom stereocenters. The Kier molecular flexibility index (Phi) is 4.72. The molecule has 1 aromatic heterocycles. The average Bonchev–Trinajstić information content (AvgIpc) is 3.06. The second-order valence-corrected chi connectivity index (χ2v) is 7.53. The Bertz CT molecular complexity index is 951. The maximum absolute atomic E-state index is 13.1. The van der Waals surface area contributed by atoms with E-state index in [2.05, 4.69) is 27.8 Å². The number of hydrogen-bond acceptors (Lipinski definition) is 3. The molecule has 2 unspecified atom stereocenters. The van der Waals surface area contributed by atoms with Gasteiger partial charge in [-0.05, 0) is 30.5 Å². The molecule has 0 spiro atoms. The van der Waals surface area contributed by atoms with E-state index in [1.165, 1.54) is 10.9 Å². The van der Waals surface area contributed by atoms with Gasteiger partial charge in [-0.2, -0.15) is 0 Å². The van der Waals surface area contributed by atoms with E-state index in [4.69, 9.17) is 0 Å². The Morgan fingerprint density at radius 1 is 1.19 bits per heavy atom. The monoisotopic (exact) mass is 363 g/mol. The summed E-state index contributed by atoms with van der Waals surface area (Å²) >= 11 is 0. The van der Waals surface area contributed by atoms with Crippen molar-refractivity contribution in [1.29, 1.82) is 0 Å². The molecule has 0 saturated heterocycles. The van der Waals surface area contributed by atoms with Crippen LogP contribution in [0.4, 0.5) is 0 Å². The van der Waals surface area contributed by atoms with Gasteiger partial charge in [-0.15, -0.1) is 0 Å². The number of para-hydroxylation sites is 1. The molecule has 4 rings (SSSR count). The van der Waals surface area contributed by atoms with Crippen molar-refractivity contribution in [3.8, 4) is 0 Å². The van der Waals surface area contributed by atoms with E-state index in [0.717, 1.165) is 16.8 Å². The van der Waals surface area contributed by atoms with E-state index in [0.29, 0.717) is 19.4 Å². The zero-order valence-corrected chi connectivity index (χ0v) is 15.5. The molecule has 1 aliphatic heterocycles. The minimum Gasteiger partial charge on any atom is -0.394 e. The van der Waals surface area contributed by atoms with E-state index in [-0.39, 0.29) is 18.6 Å². The fraction of sp³-hybridized carbons (Fsp3) is 0.318. The van der Waals surface area contributed by atoms with Crippen LogP contribution in [0.1, 0.15) is 23.7 Å². The predicted molar refractivity (Wildman–Crippen MR) is 106 cm³/mol. The molecule has 2 heterocycles. The molecular formula is C22H25N3O2. The topological polar surface area (TPSA) is 77.2 Å². The molecule has 5 heteroatoms. The molecule has 2 aromatic carbocycles. The molecule has 0 aliphatic carbocycles. The van der Waals surface area contributed by atoms with Crippen LogP contribution in [-0.2, 0) is 24.2 Å². The summed E-state index contributed by atoms with van der Waals surface area (Å²) in [5.74, 6) is -0.0755. The zero-order chi connectivity index (χ0) is 18.9. The van der Waals surface area contributed by atoms with Crippen LogP contribution in [0.15, 0.2) is 54.6 Å². The first-order valence-electron chi connectivity index (χ1n) is 9.38. The van der Waals surface area contributed by atoms with Crippen molar-refractivity contribution in [2.75, 3.05) is 6.61 Å². The summed E-state index contributed by atoms with van der Waals surface area (Å²) in [4.78, 5) is 16.5. The molecule has 140 valence electrons. The summed E-state index contributed by atoms with van der Waals surface area (Å²) < 4.78 is 0. The molecule has 5 nitrogen and oxygen atoms in total. The molecule has 0 radical (unpaired) electrons. The fourth-order valence-corrected chi connectivity index (χ4v) is 3.87. The quantitative estimate of drug-likeness (QED) is 0.562. The van der Waals surface area contributed by atoms with Crippen molar-refractivity contribution in [1.82, 2.24) is 15.6 Å². The molecule has 0 bridgehead atoms. The third kappa shape index (κ3) is 3.48. The largest absolute Gasteiger partial charge is 0.394 e. The van der Waals surface area contributed by atoms with Crippen LogP contribution >= 0.6 is 0 Å². The SMILES string of the molecule is CC1(C(=O)NC(CO)Cc2ccccc2)Cc2c([nH]c3ccccc23)CN1. The van der Waals surface area contributed by atoms with E-state index >= 15 is 0 Å². The van der Waals surface area contributed by atoms with E-state index in [1.54, 1.807) is 0 Å². The van der Waals surface area contributed by atoms with Gasteiger partial charge in [-0.1, -0.05) is 48.5 Å². The van der Waals surface area contributed by atoms with Crippen LogP contribution in [-0.4, -0.2) is 34.2 Å². The summed E-state index contributed by atoms with van der Waals surface area (Å²) in [5.41, 5.74) is 3.83. The smallest absolute Gasteiger partial charge is 0.240 e. The number of aliphatic hydroxyl groups is 1. The van der Waals surface area contributed by atoms with E-state index in [1.807, 2.05) is 49.4 Å². The van der Waals surface area contributed by atoms with Crippen LogP contribution in [0.3, 0.4) is 0 Å². The second-order valence-electron chi connectivity index (χ2n) is 7.53. The standard InChI is InChI=1S/C22H25N3O2/c1-22(21(27)24-16(14-26)11-15-7-3-2-4-8-15)12-18-17-9-5-6-10-19(17)25-20(18)13-23-22/h2-10,16,23,25-26H,11-14H2,1H3,(H,24,27). The van der Waals surface area contributed by atoms with Crippen LogP contribution in [0.5, 0.6) is 0 Å². The summed E-state index contributed by atoms with van der Waals surface area (Å²) in [7, 11) is 0. The average molecular weight is 363 g/mol. The number of carbonyl (C=O) groups is 1. The first-order valence-corrected chi connectivity index (χ1v) is 9.38. The third-order valence-electron chi connectivity index (χ3n) is 5.47. The molecule has 3 aromatic rings. The molecule has 0 saturated carbocycles. The lowest BCUT2D eigenvalue weighted by atomic mass is 9.86. The Balaban J connectivity index is 1.51. The van der Waals surface area contributed by atoms with Gasteiger partial charge in [0.15, 0.2) is 0 Å². The van der Waals surface area contributed by atoms with Gasteiger partial charge in [-0.3, -0.25) is 10.1 Å². The highest BCUT2D eigenvalue weighted by atomic mass is 16.3. The predicted octanol–water partition coefficient (Wildman–Crippen LogP) is 2.29. The first-order chi connectivity index (χ1) is 13.1. The van der Waals surface area contributed by atoms with Crippen LogP contribution < -0.4 is 10.6 Å². The molecule has 4 N–H and O–H groups in total. The highest BCUT2D eigenvalue weighted by Crippen LogP contribution is 2.30. The van der Waals surface area contributed by atoms with Gasteiger partial charge in [0.1, 0.15) is 0 Å². The number of hydrogen-bond donors (Lipinski definition) is 4. The van der Waals surface area contributed by atoms with Gasteiger partial charge in [0.25, 0.3) is 0 Å². The minimum absolute atomic E-state index is 0.0755. The van der Waals surface area contributed by atoms with Crippen molar-refractivity contribution >= 4 is 16.8 Å². The van der Waals surface area contributed by atoms with Crippen molar-refractivity contribution < 1.29 is 9.90 Å². The number of aliphatic hydroxyl groups excluding tert-OH is 1. The summed E-state index contributed by atoms with van der Waals surface area (Å²) in [6.45, 7) is 2.47. The second kappa shape index (κ2) is 7.18. The maximum atomic E-state index is 13.1. The van der Waals surface area contributed by atoms with Crippen molar-refractivity contribution in [3.05, 3.63) is 71.4 Å². The van der Waals surface area contributed by atoms with Gasteiger partial charge in [0, 0.05) is 29.6 Å². The number of rotatable bonds is 5. The number of nitrogens with one attached hydrogen (secondary N) is 3. The van der Waals surface area contributed by atoms with Gasteiger partial charge < -0.3 is 15.4 Å². The molecule has 0 fully saturated rings. The Morgan fingerprint density at radius 3 is 2.70 bits per heavy atom. The van der Waals surface area contributed by atoms with Gasteiger partial charge in [0.05, 0.1) is 18.2 Å². The molecule has 1 aliphatic rings. The lowest BCUT2D eigenvalue weighted by Crippen LogP contribution is -2.60. The first kappa shape index (κ1) is 17.8. The highest BCUT2D eigenvalue weighted by Gasteiger charge is 2.38. The Labute approximate surface area is 158 Å². The van der Waals surface area contributed by atoms with Crippen molar-refractivity contribution in [3.63, 3.8) is 0 Å². The maximum Gasteiger partial charge on any atom is 0.240 e. The number of fused-ring (bicyclic) bond motifs is 3. The van der Waals surface area contributed by atoms with Crippen LogP contribution in [0.2, 0.25) is 0 Å². The van der Waals surface area contributed by atoms with Crippen LogP contribution in [0, 0.1) is 0 Å². The lowest BCUT2D eigenvalue weighted by molar-refractivity contribution is -0.128. The van der Waals surface area contributed by atoms with Gasteiger partial charge >= 0.3 is 0 Å². The number of aromatic amines is 1. The number of aromatic nitrogens is 1. The normalized spacial score (nSPS) is 20.2. The lowest BCUT2D eigenvalue weighted by Gasteiger charge is -2.35. The summed E-state index contributed by atoms with van der Waals surface area (Å²) in [6.07, 6.45) is 1.22. The fourth-order valence-electron chi connectivity index (χ4n) is 3.87. The molecule has 1 amide bonds. The van der Waals surface area contributed by atoms with E-state index in [9.17, 15) is 9.90 Å². The van der Waals surface area contributed by atoms with Crippen molar-refractivity contribution in [2.24, 2.45) is 0 Å². The minimum atomic E-state index is -0.706. The Morgan fingerprint density at radius 2 is 1.93 bits per heavy atom. The van der Waals surface area contributed by atoms with Crippen LogP contribution in [0.25, 0.3) is 10.9 Å². The molecule has 27 heavy (non-hydrogen) atoms. The summed E-state index contributed by atoms with van der Waals surface area (Å²) in [6, 6.07) is 17.8. The molecular weight excluding hydrogens is 338 g/mol. The van der Waals surface area contributed by atoms with Gasteiger partial charge in [0.2, 0.25) is 5.91 Å². The van der Waals surface area contributed by atoms with E-state index < -0.39 is 5.54 Å². The highest BCUT2D eigenvalue weighted by molar-refractivity contribution is 5.90. The number of amides is 1. The summed E-state index contributed by atoms with van der Waals surface area (Å²) in [5, 5.41) is 17.3.